The molecule has 1 heterocycles. The van der Waals surface area contributed by atoms with E-state index in [1.807, 2.05) is 13.0 Å². The zero-order valence-corrected chi connectivity index (χ0v) is 10.5. The average Bonchev–Trinajstić information content (AvgIpc) is 2.91. The van der Waals surface area contributed by atoms with Gasteiger partial charge in [-0.2, -0.15) is 0 Å². The van der Waals surface area contributed by atoms with Crippen molar-refractivity contribution in [2.45, 2.75) is 26.4 Å². The van der Waals surface area contributed by atoms with Gasteiger partial charge in [-0.15, -0.1) is 0 Å². The lowest BCUT2D eigenvalue weighted by molar-refractivity contribution is 0.0996. The Bertz CT molecular complexity index is 655. The SMILES string of the molecule is COCc1cc2c(C)c(O)c3c(c2[nH]1)C(=O)CC3. The topological polar surface area (TPSA) is 62.3 Å². The molecule has 0 amide bonds. The summed E-state index contributed by atoms with van der Waals surface area (Å²) in [6.07, 6.45) is 1.12. The molecule has 94 valence electrons. The van der Waals surface area contributed by atoms with Crippen molar-refractivity contribution in [1.29, 1.82) is 0 Å². The number of hydrogen-bond donors (Lipinski definition) is 2. The lowest BCUT2D eigenvalue weighted by Gasteiger charge is -2.07. The molecule has 0 spiro atoms. The van der Waals surface area contributed by atoms with Gasteiger partial charge < -0.3 is 14.8 Å². The number of carbonyl (C=O) groups is 1. The lowest BCUT2D eigenvalue weighted by Crippen LogP contribution is -1.95. The Morgan fingerprint density at radius 2 is 2.22 bits per heavy atom. The Hall–Kier alpha value is -1.81. The molecule has 1 aliphatic rings. The number of ether oxygens (including phenoxy) is 1. The number of rotatable bonds is 2. The van der Waals surface area contributed by atoms with E-state index in [1.165, 1.54) is 0 Å². The standard InChI is InChI=1S/C14H15NO3/c1-7-10-5-8(6-18-2)15-13(10)12-9(14(7)17)3-4-11(12)16/h5,15,17H,3-4,6H2,1-2H3. The fourth-order valence-electron chi connectivity index (χ4n) is 2.77. The number of methoxy groups -OCH3 is 1. The Kier molecular flexibility index (Phi) is 2.41. The van der Waals surface area contributed by atoms with E-state index in [-0.39, 0.29) is 11.5 Å². The summed E-state index contributed by atoms with van der Waals surface area (Å²) in [4.78, 5) is 15.2. The van der Waals surface area contributed by atoms with Gasteiger partial charge in [0, 0.05) is 41.3 Å². The number of Topliss-reactive ketones (excluding diaryl/α,β-unsaturated/α-hetero) is 1. The smallest absolute Gasteiger partial charge is 0.165 e. The largest absolute Gasteiger partial charge is 0.507 e. The number of hydrogen-bond acceptors (Lipinski definition) is 3. The van der Waals surface area contributed by atoms with Crippen LogP contribution in [-0.2, 0) is 17.8 Å². The number of phenols is 1. The van der Waals surface area contributed by atoms with Gasteiger partial charge in [0.1, 0.15) is 5.75 Å². The average molecular weight is 245 g/mol. The highest BCUT2D eigenvalue weighted by Gasteiger charge is 2.28. The second-order valence-corrected chi connectivity index (χ2v) is 4.77. The minimum atomic E-state index is 0.108. The fourth-order valence-corrected chi connectivity index (χ4v) is 2.77. The van der Waals surface area contributed by atoms with Crippen molar-refractivity contribution < 1.29 is 14.6 Å². The van der Waals surface area contributed by atoms with Crippen molar-refractivity contribution in [2.24, 2.45) is 0 Å². The molecule has 0 radical (unpaired) electrons. The second kappa shape index (κ2) is 3.85. The highest BCUT2D eigenvalue weighted by Crippen LogP contribution is 2.39. The van der Waals surface area contributed by atoms with Gasteiger partial charge in [0.05, 0.1) is 12.1 Å². The number of H-pyrrole nitrogens is 1. The molecule has 18 heavy (non-hydrogen) atoms. The summed E-state index contributed by atoms with van der Waals surface area (Å²) in [5.41, 5.74) is 4.04. The van der Waals surface area contributed by atoms with E-state index < -0.39 is 0 Å². The molecule has 1 aromatic carbocycles. The highest BCUT2D eigenvalue weighted by molar-refractivity contribution is 6.12. The van der Waals surface area contributed by atoms with Crippen molar-refractivity contribution in [1.82, 2.24) is 4.98 Å². The minimum absolute atomic E-state index is 0.108. The number of carbonyl (C=O) groups excluding carboxylic acids is 1. The maximum Gasteiger partial charge on any atom is 0.165 e. The van der Waals surface area contributed by atoms with Crippen LogP contribution in [0.5, 0.6) is 5.75 Å². The third-order valence-electron chi connectivity index (χ3n) is 3.65. The summed E-state index contributed by atoms with van der Waals surface area (Å²) in [7, 11) is 1.63. The number of aromatic amines is 1. The number of benzene rings is 1. The molecular formula is C14H15NO3. The van der Waals surface area contributed by atoms with E-state index in [0.29, 0.717) is 25.0 Å². The molecule has 1 aliphatic carbocycles. The van der Waals surface area contributed by atoms with Gasteiger partial charge in [0.25, 0.3) is 0 Å². The molecule has 0 atom stereocenters. The van der Waals surface area contributed by atoms with Crippen LogP contribution >= 0.6 is 0 Å². The zero-order chi connectivity index (χ0) is 12.9. The number of nitrogens with one attached hydrogen (secondary N) is 1. The summed E-state index contributed by atoms with van der Waals surface area (Å²) in [6, 6.07) is 1.94. The molecule has 0 bridgehead atoms. The Morgan fingerprint density at radius 1 is 1.44 bits per heavy atom. The Morgan fingerprint density at radius 3 is 2.94 bits per heavy atom. The summed E-state index contributed by atoms with van der Waals surface area (Å²) < 4.78 is 5.10. The van der Waals surface area contributed by atoms with E-state index in [4.69, 9.17) is 4.74 Å². The molecule has 3 rings (SSSR count). The van der Waals surface area contributed by atoms with Crippen LogP contribution in [0, 0.1) is 6.92 Å². The number of phenolic OH excluding ortho intramolecular Hbond substituents is 1. The van der Waals surface area contributed by atoms with Gasteiger partial charge in [-0.3, -0.25) is 4.79 Å². The van der Waals surface area contributed by atoms with Crippen molar-refractivity contribution in [3.63, 3.8) is 0 Å². The minimum Gasteiger partial charge on any atom is -0.507 e. The third kappa shape index (κ3) is 1.39. The van der Waals surface area contributed by atoms with E-state index in [0.717, 1.165) is 27.7 Å². The molecule has 2 N–H and O–H groups in total. The molecule has 0 unspecified atom stereocenters. The first kappa shape index (κ1) is 11.3. The van der Waals surface area contributed by atoms with Gasteiger partial charge in [-0.05, 0) is 19.4 Å². The van der Waals surface area contributed by atoms with Crippen molar-refractivity contribution in [3.05, 3.63) is 28.5 Å². The van der Waals surface area contributed by atoms with Crippen LogP contribution in [0.4, 0.5) is 0 Å². The van der Waals surface area contributed by atoms with Crippen molar-refractivity contribution in [2.75, 3.05) is 7.11 Å². The molecule has 0 saturated heterocycles. The second-order valence-electron chi connectivity index (χ2n) is 4.77. The molecule has 2 aromatic rings. The van der Waals surface area contributed by atoms with E-state index >= 15 is 0 Å². The molecule has 1 aromatic heterocycles. The maximum atomic E-state index is 11.9. The van der Waals surface area contributed by atoms with E-state index in [1.54, 1.807) is 7.11 Å². The first-order valence-electron chi connectivity index (χ1n) is 6.01. The first-order chi connectivity index (χ1) is 8.63. The van der Waals surface area contributed by atoms with E-state index in [2.05, 4.69) is 4.98 Å². The van der Waals surface area contributed by atoms with Gasteiger partial charge in [-0.1, -0.05) is 0 Å². The van der Waals surface area contributed by atoms with Crippen LogP contribution in [0.3, 0.4) is 0 Å². The number of aryl methyl sites for hydroxylation is 1. The summed E-state index contributed by atoms with van der Waals surface area (Å²) in [6.45, 7) is 2.35. The van der Waals surface area contributed by atoms with Crippen LogP contribution in [0.1, 0.15) is 33.6 Å². The maximum absolute atomic E-state index is 11.9. The number of ketones is 1. The predicted octanol–water partition coefficient (Wildman–Crippen LogP) is 2.46. The molecule has 4 heteroatoms. The van der Waals surface area contributed by atoms with Crippen LogP contribution < -0.4 is 0 Å². The van der Waals surface area contributed by atoms with Gasteiger partial charge in [-0.25, -0.2) is 0 Å². The van der Waals surface area contributed by atoms with Crippen molar-refractivity contribution in [3.8, 4) is 5.75 Å². The van der Waals surface area contributed by atoms with Crippen LogP contribution in [0.2, 0.25) is 0 Å². The molecule has 0 fully saturated rings. The van der Waals surface area contributed by atoms with Crippen molar-refractivity contribution >= 4 is 16.7 Å². The lowest BCUT2D eigenvalue weighted by atomic mass is 10.0. The van der Waals surface area contributed by atoms with Gasteiger partial charge >= 0.3 is 0 Å². The monoisotopic (exact) mass is 245 g/mol. The quantitative estimate of drug-likeness (QED) is 0.854. The number of aromatic nitrogens is 1. The summed E-state index contributed by atoms with van der Waals surface area (Å²) in [5.74, 6) is 0.377. The summed E-state index contributed by atoms with van der Waals surface area (Å²) in [5, 5.41) is 11.1. The third-order valence-corrected chi connectivity index (χ3v) is 3.65. The fraction of sp³-hybridized carbons (Fsp3) is 0.357. The van der Waals surface area contributed by atoms with Crippen LogP contribution in [-0.4, -0.2) is 23.0 Å². The Labute approximate surface area is 105 Å². The molecule has 4 nitrogen and oxygen atoms in total. The zero-order valence-electron chi connectivity index (χ0n) is 10.5. The number of aromatic hydroxyl groups is 1. The number of fused-ring (bicyclic) bond motifs is 3. The normalized spacial score (nSPS) is 14.4. The van der Waals surface area contributed by atoms with Crippen LogP contribution in [0.15, 0.2) is 6.07 Å². The summed E-state index contributed by atoms with van der Waals surface area (Å²) >= 11 is 0. The van der Waals surface area contributed by atoms with E-state index in [9.17, 15) is 9.90 Å². The van der Waals surface area contributed by atoms with Crippen LogP contribution in [0.25, 0.3) is 10.9 Å². The van der Waals surface area contributed by atoms with Gasteiger partial charge in [0.15, 0.2) is 5.78 Å². The van der Waals surface area contributed by atoms with Gasteiger partial charge in [0.2, 0.25) is 0 Å². The molecule has 0 saturated carbocycles. The first-order valence-corrected chi connectivity index (χ1v) is 6.01. The molecule has 0 aliphatic heterocycles. The predicted molar refractivity (Wildman–Crippen MR) is 68.1 cm³/mol. The highest BCUT2D eigenvalue weighted by atomic mass is 16.5. The molecular weight excluding hydrogens is 230 g/mol. The Balaban J connectivity index is 2.36.